The van der Waals surface area contributed by atoms with Gasteiger partial charge in [0.2, 0.25) is 5.91 Å². The third-order valence-electron chi connectivity index (χ3n) is 3.38. The molecule has 110 valence electrons. The Kier molecular flexibility index (Phi) is 4.70. The minimum atomic E-state index is -1.08. The molecular weight excluding hydrogens is 264 g/mol. The second-order valence-electron chi connectivity index (χ2n) is 4.72. The third kappa shape index (κ3) is 3.34. The first-order valence-corrected chi connectivity index (χ1v) is 6.37. The Morgan fingerprint density at radius 2 is 2.40 bits per heavy atom. The SMILES string of the molecule is CNC1COCC1C(=O)NC(Cc1cnc[nH]1)C(=O)O. The van der Waals surface area contributed by atoms with Crippen LogP contribution < -0.4 is 10.6 Å². The number of aromatic amines is 1. The molecular formula is C12H18N4O4. The molecule has 2 heterocycles. The van der Waals surface area contributed by atoms with Crippen LogP contribution in [0.5, 0.6) is 0 Å². The molecule has 0 aromatic carbocycles. The van der Waals surface area contributed by atoms with Crippen molar-refractivity contribution in [3.8, 4) is 0 Å². The summed E-state index contributed by atoms with van der Waals surface area (Å²) in [5.74, 6) is -1.76. The average molecular weight is 282 g/mol. The molecule has 1 aliphatic heterocycles. The van der Waals surface area contributed by atoms with Crippen molar-refractivity contribution in [1.82, 2.24) is 20.6 Å². The van der Waals surface area contributed by atoms with Crippen molar-refractivity contribution in [2.75, 3.05) is 20.3 Å². The summed E-state index contributed by atoms with van der Waals surface area (Å²) in [5, 5.41) is 14.7. The molecule has 3 atom stereocenters. The van der Waals surface area contributed by atoms with Crippen molar-refractivity contribution in [2.45, 2.75) is 18.5 Å². The maximum Gasteiger partial charge on any atom is 0.326 e. The van der Waals surface area contributed by atoms with E-state index in [1.807, 2.05) is 0 Å². The molecule has 0 spiro atoms. The summed E-state index contributed by atoms with van der Waals surface area (Å²) in [6.07, 6.45) is 3.17. The van der Waals surface area contributed by atoms with Crippen LogP contribution in [0.3, 0.4) is 0 Å². The number of amides is 1. The Bertz CT molecular complexity index is 462. The predicted molar refractivity (Wildman–Crippen MR) is 69.0 cm³/mol. The Hall–Kier alpha value is -1.93. The smallest absolute Gasteiger partial charge is 0.326 e. The van der Waals surface area contributed by atoms with Gasteiger partial charge in [-0.25, -0.2) is 9.78 Å². The van der Waals surface area contributed by atoms with Gasteiger partial charge in [-0.05, 0) is 7.05 Å². The molecule has 1 aromatic heterocycles. The van der Waals surface area contributed by atoms with E-state index >= 15 is 0 Å². The van der Waals surface area contributed by atoms with Crippen molar-refractivity contribution in [3.63, 3.8) is 0 Å². The molecule has 1 saturated heterocycles. The minimum absolute atomic E-state index is 0.0865. The van der Waals surface area contributed by atoms with Gasteiger partial charge in [0.25, 0.3) is 0 Å². The van der Waals surface area contributed by atoms with E-state index in [0.717, 1.165) is 0 Å². The van der Waals surface area contributed by atoms with Crippen molar-refractivity contribution >= 4 is 11.9 Å². The molecule has 1 amide bonds. The zero-order valence-corrected chi connectivity index (χ0v) is 11.1. The summed E-state index contributed by atoms with van der Waals surface area (Å²) >= 11 is 0. The molecule has 1 aromatic rings. The number of aromatic nitrogens is 2. The largest absolute Gasteiger partial charge is 0.480 e. The fourth-order valence-electron chi connectivity index (χ4n) is 2.19. The lowest BCUT2D eigenvalue weighted by Gasteiger charge is -2.19. The van der Waals surface area contributed by atoms with Crippen LogP contribution in [0.1, 0.15) is 5.69 Å². The van der Waals surface area contributed by atoms with E-state index in [-0.39, 0.29) is 24.3 Å². The molecule has 3 unspecified atom stereocenters. The van der Waals surface area contributed by atoms with Gasteiger partial charge in [-0.2, -0.15) is 0 Å². The van der Waals surface area contributed by atoms with E-state index in [4.69, 9.17) is 4.74 Å². The fourth-order valence-corrected chi connectivity index (χ4v) is 2.19. The summed E-state index contributed by atoms with van der Waals surface area (Å²) in [6, 6.07) is -1.07. The van der Waals surface area contributed by atoms with Crippen LogP contribution in [-0.4, -0.2) is 59.3 Å². The van der Waals surface area contributed by atoms with Gasteiger partial charge in [-0.3, -0.25) is 4.79 Å². The van der Waals surface area contributed by atoms with Gasteiger partial charge in [0, 0.05) is 24.4 Å². The highest BCUT2D eigenvalue weighted by Crippen LogP contribution is 2.14. The predicted octanol–water partition coefficient (Wildman–Crippen LogP) is -1.24. The van der Waals surface area contributed by atoms with Crippen LogP contribution in [0.15, 0.2) is 12.5 Å². The Labute approximate surface area is 115 Å². The Morgan fingerprint density at radius 3 is 3.00 bits per heavy atom. The minimum Gasteiger partial charge on any atom is -0.480 e. The van der Waals surface area contributed by atoms with Gasteiger partial charge < -0.3 is 25.5 Å². The van der Waals surface area contributed by atoms with Crippen molar-refractivity contribution in [1.29, 1.82) is 0 Å². The standard InChI is InChI=1S/C12H18N4O4/c1-13-10-5-20-4-8(10)11(17)16-9(12(18)19)2-7-3-14-6-15-7/h3,6,8-10,13H,2,4-5H2,1H3,(H,14,15)(H,16,17)(H,18,19). The molecule has 0 bridgehead atoms. The topological polar surface area (TPSA) is 116 Å². The van der Waals surface area contributed by atoms with E-state index in [0.29, 0.717) is 18.9 Å². The van der Waals surface area contributed by atoms with Crippen molar-refractivity contribution in [3.05, 3.63) is 18.2 Å². The van der Waals surface area contributed by atoms with Gasteiger partial charge in [0.1, 0.15) is 6.04 Å². The molecule has 8 heteroatoms. The van der Waals surface area contributed by atoms with Gasteiger partial charge in [-0.15, -0.1) is 0 Å². The number of carboxylic acid groups (broad SMARTS) is 1. The number of hydrogen-bond acceptors (Lipinski definition) is 5. The number of likely N-dealkylation sites (N-methyl/N-ethyl adjacent to an activating group) is 1. The molecule has 0 aliphatic carbocycles. The number of hydrogen-bond donors (Lipinski definition) is 4. The lowest BCUT2D eigenvalue weighted by molar-refractivity contribution is -0.142. The van der Waals surface area contributed by atoms with Crippen LogP contribution >= 0.6 is 0 Å². The molecule has 4 N–H and O–H groups in total. The zero-order valence-electron chi connectivity index (χ0n) is 11.1. The van der Waals surface area contributed by atoms with E-state index < -0.39 is 12.0 Å². The van der Waals surface area contributed by atoms with Crippen LogP contribution in [0.4, 0.5) is 0 Å². The van der Waals surface area contributed by atoms with Gasteiger partial charge in [0.15, 0.2) is 0 Å². The summed E-state index contributed by atoms with van der Waals surface area (Å²) < 4.78 is 5.24. The van der Waals surface area contributed by atoms with E-state index in [2.05, 4.69) is 20.6 Å². The highest BCUT2D eigenvalue weighted by atomic mass is 16.5. The number of imidazole rings is 1. The molecule has 0 saturated carbocycles. The van der Waals surface area contributed by atoms with E-state index in [9.17, 15) is 14.7 Å². The maximum atomic E-state index is 12.1. The first-order valence-electron chi connectivity index (χ1n) is 6.37. The number of nitrogens with one attached hydrogen (secondary N) is 3. The van der Waals surface area contributed by atoms with E-state index in [1.165, 1.54) is 12.5 Å². The molecule has 2 rings (SSSR count). The number of carboxylic acids is 1. The highest BCUT2D eigenvalue weighted by Gasteiger charge is 2.35. The number of carbonyl (C=O) groups excluding carboxylic acids is 1. The van der Waals surface area contributed by atoms with Crippen molar-refractivity contribution in [2.24, 2.45) is 5.92 Å². The zero-order chi connectivity index (χ0) is 14.5. The van der Waals surface area contributed by atoms with Crippen LogP contribution in [0.2, 0.25) is 0 Å². The second-order valence-corrected chi connectivity index (χ2v) is 4.72. The Morgan fingerprint density at radius 1 is 1.60 bits per heavy atom. The average Bonchev–Trinajstić information content (AvgIpc) is 3.08. The van der Waals surface area contributed by atoms with Crippen molar-refractivity contribution < 1.29 is 19.4 Å². The van der Waals surface area contributed by atoms with Gasteiger partial charge >= 0.3 is 5.97 Å². The van der Waals surface area contributed by atoms with Gasteiger partial charge in [0.05, 0.1) is 25.5 Å². The quantitative estimate of drug-likeness (QED) is 0.518. The molecule has 1 fully saturated rings. The third-order valence-corrected chi connectivity index (χ3v) is 3.38. The summed E-state index contributed by atoms with van der Waals surface area (Å²) in [7, 11) is 1.75. The van der Waals surface area contributed by atoms with E-state index in [1.54, 1.807) is 7.05 Å². The number of nitrogens with zero attached hydrogens (tertiary/aromatic N) is 1. The highest BCUT2D eigenvalue weighted by molar-refractivity contribution is 5.85. The summed E-state index contributed by atoms with van der Waals surface area (Å²) in [5.41, 5.74) is 0.658. The normalized spacial score (nSPS) is 23.4. The maximum absolute atomic E-state index is 12.1. The first kappa shape index (κ1) is 14.5. The number of H-pyrrole nitrogens is 1. The first-order chi connectivity index (χ1) is 9.61. The number of rotatable bonds is 6. The van der Waals surface area contributed by atoms with Crippen LogP contribution in [0.25, 0.3) is 0 Å². The monoisotopic (exact) mass is 282 g/mol. The molecule has 1 aliphatic rings. The number of aliphatic carboxylic acids is 1. The number of carbonyl (C=O) groups is 2. The molecule has 8 nitrogen and oxygen atoms in total. The van der Waals surface area contributed by atoms with Gasteiger partial charge in [-0.1, -0.05) is 0 Å². The summed E-state index contributed by atoms with van der Waals surface area (Å²) in [4.78, 5) is 30.0. The Balaban J connectivity index is 1.97. The second kappa shape index (κ2) is 6.49. The number of ether oxygens (including phenoxy) is 1. The lowest BCUT2D eigenvalue weighted by Crippen LogP contribution is -2.49. The summed E-state index contributed by atoms with van der Waals surface area (Å²) in [6.45, 7) is 0.751. The van der Waals surface area contributed by atoms with Crippen LogP contribution in [-0.2, 0) is 20.7 Å². The molecule has 0 radical (unpaired) electrons. The fraction of sp³-hybridized carbons (Fsp3) is 0.583. The van der Waals surface area contributed by atoms with Crippen LogP contribution in [0, 0.1) is 5.92 Å². The molecule has 20 heavy (non-hydrogen) atoms. The lowest BCUT2D eigenvalue weighted by atomic mass is 10.0.